The van der Waals surface area contributed by atoms with Crippen molar-refractivity contribution in [1.82, 2.24) is 9.55 Å². The summed E-state index contributed by atoms with van der Waals surface area (Å²) in [6.07, 6.45) is 4.44. The number of carbonyl (C=O) groups is 1. The zero-order chi connectivity index (χ0) is 19.8. The molecular weight excluding hydrogens is 356 g/mol. The van der Waals surface area contributed by atoms with Crippen LogP contribution in [0.5, 0.6) is 5.88 Å². The van der Waals surface area contributed by atoms with Gasteiger partial charge >= 0.3 is 5.69 Å². The van der Waals surface area contributed by atoms with Gasteiger partial charge < -0.3 is 5.11 Å². The van der Waals surface area contributed by atoms with Gasteiger partial charge in [0.25, 0.3) is 5.56 Å². The Morgan fingerprint density at radius 3 is 2.43 bits per heavy atom. The Bertz CT molecular complexity index is 1280. The molecule has 1 aromatic heterocycles. The first-order chi connectivity index (χ1) is 13.5. The molecule has 28 heavy (non-hydrogen) atoms. The second-order valence-electron chi connectivity index (χ2n) is 6.51. The van der Waals surface area contributed by atoms with Crippen molar-refractivity contribution in [2.24, 2.45) is 0 Å². The lowest BCUT2D eigenvalue weighted by Gasteiger charge is -2.14. The molecule has 6 heteroatoms. The Kier molecular flexibility index (Phi) is 4.16. The number of ketones is 1. The van der Waals surface area contributed by atoms with Gasteiger partial charge in [0.05, 0.1) is 5.69 Å². The van der Waals surface area contributed by atoms with E-state index in [0.717, 1.165) is 15.7 Å². The molecule has 0 saturated heterocycles. The van der Waals surface area contributed by atoms with Gasteiger partial charge in [0.15, 0.2) is 5.78 Å². The second-order valence-corrected chi connectivity index (χ2v) is 6.51. The van der Waals surface area contributed by atoms with Crippen LogP contribution in [0.15, 0.2) is 64.2 Å². The number of aromatic amines is 1. The zero-order valence-corrected chi connectivity index (χ0v) is 15.0. The van der Waals surface area contributed by atoms with Crippen LogP contribution in [0.1, 0.15) is 22.3 Å². The Labute approximate surface area is 159 Å². The van der Waals surface area contributed by atoms with Crippen molar-refractivity contribution in [3.05, 3.63) is 97.7 Å². The van der Waals surface area contributed by atoms with Crippen LogP contribution in [0.2, 0.25) is 0 Å². The van der Waals surface area contributed by atoms with Crippen LogP contribution >= 0.6 is 0 Å². The van der Waals surface area contributed by atoms with E-state index in [0.29, 0.717) is 11.3 Å². The summed E-state index contributed by atoms with van der Waals surface area (Å²) in [4.78, 5) is 39.3. The number of carbonyl (C=O) groups excluding carboxylic acids is 1. The van der Waals surface area contributed by atoms with Gasteiger partial charge in [-0.3, -0.25) is 14.6 Å². The molecule has 0 amide bonds. The third kappa shape index (κ3) is 2.91. The minimum absolute atomic E-state index is 0.159. The maximum atomic E-state index is 12.4. The summed E-state index contributed by atoms with van der Waals surface area (Å²) in [6, 6.07) is 14.2. The summed E-state index contributed by atoms with van der Waals surface area (Å²) in [6.45, 7) is 1.90. The molecule has 0 spiro atoms. The van der Waals surface area contributed by atoms with Crippen molar-refractivity contribution in [3.8, 4) is 11.6 Å². The molecule has 6 nitrogen and oxygen atoms in total. The number of aryl methyl sites for hydroxylation is 1. The van der Waals surface area contributed by atoms with E-state index in [-0.39, 0.29) is 16.9 Å². The maximum absolute atomic E-state index is 12.4. The number of hydrogen-bond acceptors (Lipinski definition) is 4. The van der Waals surface area contributed by atoms with Gasteiger partial charge in [0.2, 0.25) is 5.88 Å². The molecular formula is C22H16N2O4. The highest BCUT2D eigenvalue weighted by Crippen LogP contribution is 2.29. The smallest absolute Gasteiger partial charge is 0.335 e. The number of allylic oxidation sites excluding steroid dienone is 2. The molecule has 3 aromatic rings. The predicted octanol–water partition coefficient (Wildman–Crippen LogP) is 2.68. The average Bonchev–Trinajstić information content (AvgIpc) is 2.68. The predicted molar refractivity (Wildman–Crippen MR) is 107 cm³/mol. The molecule has 0 atom stereocenters. The fourth-order valence-corrected chi connectivity index (χ4v) is 3.17. The van der Waals surface area contributed by atoms with Crippen molar-refractivity contribution in [3.63, 3.8) is 0 Å². The van der Waals surface area contributed by atoms with Crippen LogP contribution in [0.3, 0.4) is 0 Å². The molecule has 1 aliphatic rings. The summed E-state index contributed by atoms with van der Waals surface area (Å²) in [5.74, 6) is -0.810. The molecule has 4 rings (SSSR count). The van der Waals surface area contributed by atoms with E-state index >= 15 is 0 Å². The number of H-pyrrole nitrogens is 1. The van der Waals surface area contributed by atoms with Crippen LogP contribution < -0.4 is 11.2 Å². The molecule has 0 saturated carbocycles. The van der Waals surface area contributed by atoms with Crippen LogP contribution in [0.25, 0.3) is 23.4 Å². The van der Waals surface area contributed by atoms with Crippen molar-refractivity contribution in [2.45, 2.75) is 6.92 Å². The first-order valence-corrected chi connectivity index (χ1v) is 8.64. The third-order valence-electron chi connectivity index (χ3n) is 4.63. The molecule has 0 bridgehead atoms. The molecule has 2 N–H and O–H groups in total. The second kappa shape index (κ2) is 6.66. The van der Waals surface area contributed by atoms with E-state index in [1.54, 1.807) is 42.5 Å². The summed E-state index contributed by atoms with van der Waals surface area (Å²) >= 11 is 0. The SMILES string of the molecule is Cc1ccc(-n2c(O)c(C=C3C(=O)C=Cc4ccccc43)c(=O)[nH]c2=O)cc1. The molecule has 1 heterocycles. The quantitative estimate of drug-likeness (QED) is 0.677. The lowest BCUT2D eigenvalue weighted by molar-refractivity contribution is -0.109. The first kappa shape index (κ1) is 17.5. The van der Waals surface area contributed by atoms with Gasteiger partial charge in [-0.05, 0) is 42.3 Å². The van der Waals surface area contributed by atoms with Gasteiger partial charge in [-0.1, -0.05) is 48.0 Å². The summed E-state index contributed by atoms with van der Waals surface area (Å²) < 4.78 is 1.00. The number of nitrogens with zero attached hydrogens (tertiary/aromatic N) is 1. The van der Waals surface area contributed by atoms with Gasteiger partial charge in [-0.2, -0.15) is 0 Å². The van der Waals surface area contributed by atoms with Crippen molar-refractivity contribution in [1.29, 1.82) is 0 Å². The fourth-order valence-electron chi connectivity index (χ4n) is 3.17. The maximum Gasteiger partial charge on any atom is 0.335 e. The van der Waals surface area contributed by atoms with E-state index in [4.69, 9.17) is 0 Å². The van der Waals surface area contributed by atoms with Gasteiger partial charge in [0.1, 0.15) is 5.56 Å². The Morgan fingerprint density at radius 2 is 1.68 bits per heavy atom. The number of benzene rings is 2. The molecule has 2 aromatic carbocycles. The lowest BCUT2D eigenvalue weighted by Crippen LogP contribution is -2.30. The highest BCUT2D eigenvalue weighted by atomic mass is 16.3. The lowest BCUT2D eigenvalue weighted by atomic mass is 9.90. The Morgan fingerprint density at radius 1 is 0.964 bits per heavy atom. The minimum atomic E-state index is -0.766. The van der Waals surface area contributed by atoms with E-state index in [1.165, 1.54) is 12.2 Å². The highest BCUT2D eigenvalue weighted by Gasteiger charge is 2.20. The highest BCUT2D eigenvalue weighted by molar-refractivity contribution is 6.33. The molecule has 0 radical (unpaired) electrons. The number of aromatic nitrogens is 2. The fraction of sp³-hybridized carbons (Fsp3) is 0.0455. The van der Waals surface area contributed by atoms with Crippen molar-refractivity contribution < 1.29 is 9.90 Å². The third-order valence-corrected chi connectivity index (χ3v) is 4.63. The first-order valence-electron chi connectivity index (χ1n) is 8.64. The standard InChI is InChI=1S/C22H16N2O4/c1-13-6-9-15(10-7-13)24-21(27)18(20(26)23-22(24)28)12-17-16-5-3-2-4-14(16)8-11-19(17)25/h2-12,27H,1H3,(H,23,26,28). The number of fused-ring (bicyclic) bond motifs is 1. The summed E-state index contributed by atoms with van der Waals surface area (Å²) in [5, 5.41) is 10.7. The molecule has 1 aliphatic carbocycles. The van der Waals surface area contributed by atoms with Gasteiger partial charge in [-0.15, -0.1) is 0 Å². The van der Waals surface area contributed by atoms with E-state index < -0.39 is 17.1 Å². The molecule has 0 fully saturated rings. The van der Waals surface area contributed by atoms with Crippen LogP contribution in [-0.4, -0.2) is 20.4 Å². The monoisotopic (exact) mass is 372 g/mol. The van der Waals surface area contributed by atoms with Crippen molar-refractivity contribution in [2.75, 3.05) is 0 Å². The summed E-state index contributed by atoms with van der Waals surface area (Å²) in [5.41, 5.74) is 1.46. The molecule has 0 unspecified atom stereocenters. The molecule has 0 aliphatic heterocycles. The number of nitrogens with one attached hydrogen (secondary N) is 1. The van der Waals surface area contributed by atoms with Gasteiger partial charge in [-0.25, -0.2) is 9.36 Å². The Hall–Kier alpha value is -3.93. The minimum Gasteiger partial charge on any atom is -0.494 e. The van der Waals surface area contributed by atoms with E-state index in [1.807, 2.05) is 19.1 Å². The molecule has 138 valence electrons. The van der Waals surface area contributed by atoms with E-state index in [9.17, 15) is 19.5 Å². The van der Waals surface area contributed by atoms with Crippen LogP contribution in [0, 0.1) is 6.92 Å². The van der Waals surface area contributed by atoms with Crippen LogP contribution in [-0.2, 0) is 4.79 Å². The van der Waals surface area contributed by atoms with Crippen LogP contribution in [0.4, 0.5) is 0 Å². The topological polar surface area (TPSA) is 92.2 Å². The number of rotatable bonds is 2. The Balaban J connectivity index is 1.96. The van der Waals surface area contributed by atoms with Crippen molar-refractivity contribution >= 4 is 23.5 Å². The number of hydrogen-bond donors (Lipinski definition) is 2. The summed E-state index contributed by atoms with van der Waals surface area (Å²) in [7, 11) is 0. The van der Waals surface area contributed by atoms with Gasteiger partial charge in [0, 0.05) is 5.57 Å². The largest absolute Gasteiger partial charge is 0.494 e. The normalized spacial score (nSPS) is 14.3. The number of aromatic hydroxyl groups is 1. The average molecular weight is 372 g/mol. The zero-order valence-electron chi connectivity index (χ0n) is 15.0. The van der Waals surface area contributed by atoms with E-state index in [2.05, 4.69) is 4.98 Å².